The molecule has 1 unspecified atom stereocenters. The average molecular weight is 223 g/mol. The zero-order valence-corrected chi connectivity index (χ0v) is 9.79. The third-order valence-corrected chi connectivity index (χ3v) is 2.69. The van der Waals surface area contributed by atoms with Crippen molar-refractivity contribution in [3.8, 4) is 0 Å². The summed E-state index contributed by atoms with van der Waals surface area (Å²) in [5, 5.41) is 0. The van der Waals surface area contributed by atoms with Crippen LogP contribution in [0.5, 0.6) is 0 Å². The van der Waals surface area contributed by atoms with Crippen LogP contribution in [0.1, 0.15) is 30.9 Å². The Morgan fingerprint density at radius 2 is 2.19 bits per heavy atom. The molecular weight excluding hydrogens is 205 g/mol. The number of rotatable bonds is 5. The van der Waals surface area contributed by atoms with E-state index in [0.29, 0.717) is 6.42 Å². The van der Waals surface area contributed by atoms with Gasteiger partial charge in [0.1, 0.15) is 5.82 Å². The van der Waals surface area contributed by atoms with Crippen LogP contribution in [0.15, 0.2) is 18.2 Å². The maximum absolute atomic E-state index is 13.0. The van der Waals surface area contributed by atoms with Crippen LogP contribution < -0.4 is 5.73 Å². The van der Waals surface area contributed by atoms with Crippen LogP contribution in [0, 0.1) is 12.7 Å². The van der Waals surface area contributed by atoms with Crippen LogP contribution >= 0.6 is 0 Å². The van der Waals surface area contributed by atoms with E-state index in [-0.39, 0.29) is 18.0 Å². The number of hydrogen-bond donors (Lipinski definition) is 1. The molecule has 0 aromatic heterocycles. The first-order valence-corrected chi connectivity index (χ1v) is 5.58. The third-order valence-electron chi connectivity index (χ3n) is 2.69. The van der Waals surface area contributed by atoms with Gasteiger partial charge in [-0.25, -0.2) is 4.39 Å². The summed E-state index contributed by atoms with van der Waals surface area (Å²) in [6, 6.07) is 4.07. The van der Waals surface area contributed by atoms with Crippen molar-refractivity contribution < 1.29 is 9.18 Å². The second kappa shape index (κ2) is 5.75. The number of benzene rings is 1. The summed E-state index contributed by atoms with van der Waals surface area (Å²) >= 11 is 0. The van der Waals surface area contributed by atoms with Gasteiger partial charge in [-0.15, -0.1) is 0 Å². The van der Waals surface area contributed by atoms with Crippen molar-refractivity contribution in [3.63, 3.8) is 0 Å². The average Bonchev–Trinajstić information content (AvgIpc) is 2.23. The van der Waals surface area contributed by atoms with Gasteiger partial charge in [0, 0.05) is 6.42 Å². The first-order valence-electron chi connectivity index (χ1n) is 5.58. The number of carbonyl (C=O) groups is 1. The van der Waals surface area contributed by atoms with Crippen molar-refractivity contribution >= 4 is 5.78 Å². The molecule has 1 atom stereocenters. The number of carbonyl (C=O) groups excluding carboxylic acids is 1. The Balaban J connectivity index is 2.72. The highest BCUT2D eigenvalue weighted by molar-refractivity contribution is 5.86. The Morgan fingerprint density at radius 1 is 1.50 bits per heavy atom. The van der Waals surface area contributed by atoms with Gasteiger partial charge in [0.15, 0.2) is 5.78 Å². The van der Waals surface area contributed by atoms with Crippen molar-refractivity contribution in [2.45, 2.75) is 39.2 Å². The summed E-state index contributed by atoms with van der Waals surface area (Å²) in [6.07, 6.45) is 1.80. The number of Topliss-reactive ketones (excluding diaryl/α,β-unsaturated/α-hetero) is 1. The molecule has 2 nitrogen and oxygen atoms in total. The van der Waals surface area contributed by atoms with Gasteiger partial charge in [-0.3, -0.25) is 4.79 Å². The van der Waals surface area contributed by atoms with Gasteiger partial charge in [-0.2, -0.15) is 0 Å². The lowest BCUT2D eigenvalue weighted by Gasteiger charge is -2.10. The fourth-order valence-electron chi connectivity index (χ4n) is 1.62. The van der Waals surface area contributed by atoms with Crippen molar-refractivity contribution in [2.75, 3.05) is 0 Å². The van der Waals surface area contributed by atoms with Crippen LogP contribution in [0.3, 0.4) is 0 Å². The summed E-state index contributed by atoms with van der Waals surface area (Å²) in [7, 11) is 0. The lowest BCUT2D eigenvalue weighted by atomic mass is 9.98. The lowest BCUT2D eigenvalue weighted by molar-refractivity contribution is -0.119. The predicted molar refractivity (Wildman–Crippen MR) is 62.7 cm³/mol. The molecule has 0 heterocycles. The van der Waals surface area contributed by atoms with Gasteiger partial charge in [-0.1, -0.05) is 19.4 Å². The maximum Gasteiger partial charge on any atom is 0.153 e. The molecular formula is C13H18FNO. The van der Waals surface area contributed by atoms with Crippen molar-refractivity contribution in [1.29, 1.82) is 0 Å². The SMILES string of the molecule is CCCC(N)C(=O)Cc1cc(F)ccc1C. The Hall–Kier alpha value is -1.22. The maximum atomic E-state index is 13.0. The summed E-state index contributed by atoms with van der Waals surface area (Å²) < 4.78 is 13.0. The van der Waals surface area contributed by atoms with Crippen LogP contribution in [0.25, 0.3) is 0 Å². The van der Waals surface area contributed by atoms with E-state index < -0.39 is 6.04 Å². The van der Waals surface area contributed by atoms with E-state index >= 15 is 0 Å². The molecule has 0 spiro atoms. The van der Waals surface area contributed by atoms with Gasteiger partial charge < -0.3 is 5.73 Å². The summed E-state index contributed by atoms with van der Waals surface area (Å²) in [5.41, 5.74) is 7.38. The standard InChI is InChI=1S/C13H18FNO/c1-3-4-12(15)13(16)8-10-7-11(14)6-5-9(10)2/h5-7,12H,3-4,8,15H2,1-2H3. The molecule has 1 aromatic carbocycles. The van der Waals surface area contributed by atoms with E-state index in [2.05, 4.69) is 0 Å². The monoisotopic (exact) mass is 223 g/mol. The predicted octanol–water partition coefficient (Wildman–Crippen LogP) is 2.37. The second-order valence-corrected chi connectivity index (χ2v) is 4.11. The van der Waals surface area contributed by atoms with E-state index in [1.807, 2.05) is 13.8 Å². The Morgan fingerprint density at radius 3 is 2.81 bits per heavy atom. The van der Waals surface area contributed by atoms with E-state index in [1.54, 1.807) is 6.07 Å². The zero-order chi connectivity index (χ0) is 12.1. The summed E-state index contributed by atoms with van der Waals surface area (Å²) in [6.45, 7) is 3.86. The summed E-state index contributed by atoms with van der Waals surface area (Å²) in [5.74, 6) is -0.326. The van der Waals surface area contributed by atoms with E-state index in [0.717, 1.165) is 17.5 Å². The largest absolute Gasteiger partial charge is 0.321 e. The minimum atomic E-state index is -0.423. The number of ketones is 1. The molecule has 0 saturated heterocycles. The van der Waals surface area contributed by atoms with Gasteiger partial charge in [-0.05, 0) is 36.6 Å². The van der Waals surface area contributed by atoms with Crippen molar-refractivity contribution in [1.82, 2.24) is 0 Å². The highest BCUT2D eigenvalue weighted by atomic mass is 19.1. The van der Waals surface area contributed by atoms with Crippen LogP contribution in [0.4, 0.5) is 4.39 Å². The molecule has 1 rings (SSSR count). The fourth-order valence-corrected chi connectivity index (χ4v) is 1.62. The minimum Gasteiger partial charge on any atom is -0.321 e. The molecule has 16 heavy (non-hydrogen) atoms. The van der Waals surface area contributed by atoms with E-state index in [1.165, 1.54) is 12.1 Å². The molecule has 1 aromatic rings. The van der Waals surface area contributed by atoms with Crippen LogP contribution in [-0.2, 0) is 11.2 Å². The Labute approximate surface area is 95.7 Å². The van der Waals surface area contributed by atoms with Crippen LogP contribution in [0.2, 0.25) is 0 Å². The fraction of sp³-hybridized carbons (Fsp3) is 0.462. The van der Waals surface area contributed by atoms with Crippen LogP contribution in [-0.4, -0.2) is 11.8 Å². The van der Waals surface area contributed by atoms with Gasteiger partial charge in [0.05, 0.1) is 6.04 Å². The number of aryl methyl sites for hydroxylation is 1. The topological polar surface area (TPSA) is 43.1 Å². The molecule has 88 valence electrons. The normalized spacial score (nSPS) is 12.5. The third kappa shape index (κ3) is 3.42. The minimum absolute atomic E-state index is 0.0180. The molecule has 0 aliphatic carbocycles. The first-order chi connectivity index (χ1) is 7.54. The van der Waals surface area contributed by atoms with E-state index in [9.17, 15) is 9.18 Å². The van der Waals surface area contributed by atoms with Crippen molar-refractivity contribution in [3.05, 3.63) is 35.1 Å². The molecule has 0 radical (unpaired) electrons. The number of nitrogens with two attached hydrogens (primary N) is 1. The molecule has 0 bridgehead atoms. The molecule has 0 amide bonds. The molecule has 0 saturated carbocycles. The highest BCUT2D eigenvalue weighted by Crippen LogP contribution is 2.12. The highest BCUT2D eigenvalue weighted by Gasteiger charge is 2.14. The molecule has 2 N–H and O–H groups in total. The van der Waals surface area contributed by atoms with E-state index in [4.69, 9.17) is 5.73 Å². The van der Waals surface area contributed by atoms with Gasteiger partial charge in [0.2, 0.25) is 0 Å². The number of halogens is 1. The molecule has 0 aliphatic rings. The first kappa shape index (κ1) is 12.8. The Kier molecular flexibility index (Phi) is 4.62. The Bertz CT molecular complexity index is 376. The quantitative estimate of drug-likeness (QED) is 0.832. The molecule has 0 aliphatic heterocycles. The zero-order valence-electron chi connectivity index (χ0n) is 9.79. The molecule has 0 fully saturated rings. The van der Waals surface area contributed by atoms with Gasteiger partial charge >= 0.3 is 0 Å². The smallest absolute Gasteiger partial charge is 0.153 e. The van der Waals surface area contributed by atoms with Crippen molar-refractivity contribution in [2.24, 2.45) is 5.73 Å². The lowest BCUT2D eigenvalue weighted by Crippen LogP contribution is -2.31. The molecule has 3 heteroatoms. The number of hydrogen-bond acceptors (Lipinski definition) is 2. The second-order valence-electron chi connectivity index (χ2n) is 4.11. The van der Waals surface area contributed by atoms with Gasteiger partial charge in [0.25, 0.3) is 0 Å². The summed E-state index contributed by atoms with van der Waals surface area (Å²) in [4.78, 5) is 11.7.